The van der Waals surface area contributed by atoms with Crippen LogP contribution in [0.5, 0.6) is 0 Å². The van der Waals surface area contributed by atoms with Crippen LogP contribution < -0.4 is 9.62 Å². The van der Waals surface area contributed by atoms with Crippen molar-refractivity contribution in [1.82, 2.24) is 10.2 Å². The van der Waals surface area contributed by atoms with Gasteiger partial charge in [-0.1, -0.05) is 40.9 Å². The summed E-state index contributed by atoms with van der Waals surface area (Å²) in [7, 11) is -3.84. The molecule has 0 spiro atoms. The summed E-state index contributed by atoms with van der Waals surface area (Å²) in [6.07, 6.45) is 1.02. The predicted molar refractivity (Wildman–Crippen MR) is 143 cm³/mol. The molecule has 0 fully saturated rings. The van der Waals surface area contributed by atoms with Crippen molar-refractivity contribution in [3.8, 4) is 0 Å². The lowest BCUT2D eigenvalue weighted by Gasteiger charge is -2.33. The highest BCUT2D eigenvalue weighted by molar-refractivity contribution is 7.92. The Kier molecular flexibility index (Phi) is 9.50. The average molecular weight is 563 g/mol. The number of carbonyl (C=O) groups excluding carboxylic acids is 2. The Morgan fingerprint density at radius 3 is 2.17 bits per heavy atom. The maximum absolute atomic E-state index is 13.6. The third-order valence-corrected chi connectivity index (χ3v) is 7.21. The zero-order valence-corrected chi connectivity index (χ0v) is 23.6. The van der Waals surface area contributed by atoms with Gasteiger partial charge in [-0.05, 0) is 76.1 Å². The maximum atomic E-state index is 13.6. The van der Waals surface area contributed by atoms with E-state index in [2.05, 4.69) is 5.32 Å². The molecule has 7 nitrogen and oxygen atoms in total. The van der Waals surface area contributed by atoms with Crippen molar-refractivity contribution in [3.63, 3.8) is 0 Å². The molecule has 0 saturated heterocycles. The number of sulfonamides is 1. The van der Waals surface area contributed by atoms with Gasteiger partial charge in [0, 0.05) is 17.1 Å². The summed E-state index contributed by atoms with van der Waals surface area (Å²) >= 11 is 18.2. The number of rotatable bonds is 8. The van der Waals surface area contributed by atoms with E-state index in [-0.39, 0.29) is 12.5 Å². The molecule has 1 atom stereocenters. The van der Waals surface area contributed by atoms with E-state index in [0.717, 1.165) is 10.6 Å². The molecule has 0 aliphatic carbocycles. The fourth-order valence-corrected chi connectivity index (χ4v) is 4.84. The fraction of sp³-hybridized carbons (Fsp3) is 0.417. The van der Waals surface area contributed by atoms with Crippen molar-refractivity contribution in [2.45, 2.75) is 52.7 Å². The lowest BCUT2D eigenvalue weighted by atomic mass is 10.1. The van der Waals surface area contributed by atoms with E-state index in [1.165, 1.54) is 4.90 Å². The molecule has 2 rings (SSSR count). The molecule has 1 N–H and O–H groups in total. The van der Waals surface area contributed by atoms with Crippen LogP contribution >= 0.6 is 34.8 Å². The number of amides is 2. The first-order valence-corrected chi connectivity index (χ1v) is 13.8. The van der Waals surface area contributed by atoms with E-state index < -0.39 is 34.1 Å². The summed E-state index contributed by atoms with van der Waals surface area (Å²) in [6.45, 7) is 8.30. The highest BCUT2D eigenvalue weighted by Gasteiger charge is 2.31. The Bertz CT molecular complexity index is 1210. The molecule has 0 unspecified atom stereocenters. The van der Waals surface area contributed by atoms with Crippen molar-refractivity contribution in [2.24, 2.45) is 0 Å². The number of carbonyl (C=O) groups is 2. The largest absolute Gasteiger partial charge is 0.350 e. The second kappa shape index (κ2) is 11.4. The summed E-state index contributed by atoms with van der Waals surface area (Å²) in [4.78, 5) is 27.9. The fourth-order valence-electron chi connectivity index (χ4n) is 3.38. The second-order valence-corrected chi connectivity index (χ2v) is 12.5. The number of halogens is 3. The minimum absolute atomic E-state index is 0.0195. The minimum Gasteiger partial charge on any atom is -0.350 e. The number of benzene rings is 2. The molecule has 35 heavy (non-hydrogen) atoms. The first-order chi connectivity index (χ1) is 16.0. The molecular weight excluding hydrogens is 533 g/mol. The molecule has 0 bridgehead atoms. The van der Waals surface area contributed by atoms with Crippen LogP contribution in [-0.4, -0.2) is 49.5 Å². The van der Waals surface area contributed by atoms with Gasteiger partial charge in [0.25, 0.3) is 0 Å². The SMILES string of the molecule is Cc1cc(Cl)ccc1N(CC(=O)N(Cc1ccc(Cl)c(Cl)c1)[C@@H](C)C(=O)NC(C)(C)C)S(C)(=O)=O. The van der Waals surface area contributed by atoms with Crippen LogP contribution in [0, 0.1) is 6.92 Å². The quantitative estimate of drug-likeness (QED) is 0.488. The number of hydrogen-bond acceptors (Lipinski definition) is 4. The molecule has 0 saturated carbocycles. The number of hydrogen-bond donors (Lipinski definition) is 1. The van der Waals surface area contributed by atoms with Gasteiger partial charge in [-0.15, -0.1) is 0 Å². The molecule has 0 radical (unpaired) electrons. The van der Waals surface area contributed by atoms with Crippen molar-refractivity contribution in [3.05, 3.63) is 62.6 Å². The van der Waals surface area contributed by atoms with Gasteiger partial charge in [0.1, 0.15) is 12.6 Å². The maximum Gasteiger partial charge on any atom is 0.244 e. The van der Waals surface area contributed by atoms with E-state index >= 15 is 0 Å². The lowest BCUT2D eigenvalue weighted by Crippen LogP contribution is -2.54. The molecule has 0 heterocycles. The Morgan fingerprint density at radius 1 is 1.03 bits per heavy atom. The number of aryl methyl sites for hydroxylation is 1. The highest BCUT2D eigenvalue weighted by Crippen LogP contribution is 2.27. The van der Waals surface area contributed by atoms with Crippen LogP contribution in [0.3, 0.4) is 0 Å². The van der Waals surface area contributed by atoms with Crippen molar-refractivity contribution >= 4 is 62.3 Å². The first kappa shape index (κ1) is 29.2. The smallest absolute Gasteiger partial charge is 0.244 e. The van der Waals surface area contributed by atoms with E-state index in [1.807, 2.05) is 20.8 Å². The number of nitrogens with one attached hydrogen (secondary N) is 1. The van der Waals surface area contributed by atoms with Gasteiger partial charge in [-0.2, -0.15) is 0 Å². The van der Waals surface area contributed by atoms with Crippen LogP contribution in [0.15, 0.2) is 36.4 Å². The van der Waals surface area contributed by atoms with Crippen LogP contribution in [0.2, 0.25) is 15.1 Å². The van der Waals surface area contributed by atoms with Crippen LogP contribution in [0.25, 0.3) is 0 Å². The summed E-state index contributed by atoms with van der Waals surface area (Å²) in [5.74, 6) is -0.938. The van der Waals surface area contributed by atoms with Gasteiger partial charge in [-0.3, -0.25) is 13.9 Å². The van der Waals surface area contributed by atoms with Gasteiger partial charge in [0.05, 0.1) is 22.0 Å². The number of nitrogens with zero attached hydrogens (tertiary/aromatic N) is 2. The van der Waals surface area contributed by atoms with Gasteiger partial charge in [0.15, 0.2) is 0 Å². The third kappa shape index (κ3) is 8.27. The Labute approximate surface area is 222 Å². The Morgan fingerprint density at radius 2 is 1.66 bits per heavy atom. The van der Waals surface area contributed by atoms with E-state index in [0.29, 0.717) is 31.9 Å². The number of anilines is 1. The molecule has 0 aliphatic rings. The average Bonchev–Trinajstić information content (AvgIpc) is 2.70. The molecule has 2 amide bonds. The summed E-state index contributed by atoms with van der Waals surface area (Å²) in [5.41, 5.74) is 1.02. The monoisotopic (exact) mass is 561 g/mol. The predicted octanol–water partition coefficient (Wildman–Crippen LogP) is 5.05. The zero-order chi connectivity index (χ0) is 26.7. The molecule has 2 aromatic carbocycles. The normalized spacial score (nSPS) is 12.7. The van der Waals surface area contributed by atoms with E-state index in [9.17, 15) is 18.0 Å². The van der Waals surface area contributed by atoms with E-state index in [1.54, 1.807) is 50.2 Å². The summed E-state index contributed by atoms with van der Waals surface area (Å²) in [5, 5.41) is 3.97. The minimum atomic E-state index is -3.84. The van der Waals surface area contributed by atoms with Crippen LogP contribution in [-0.2, 0) is 26.2 Å². The van der Waals surface area contributed by atoms with Gasteiger partial charge in [-0.25, -0.2) is 8.42 Å². The summed E-state index contributed by atoms with van der Waals surface area (Å²) < 4.78 is 26.4. The lowest BCUT2D eigenvalue weighted by molar-refractivity contribution is -0.140. The molecule has 192 valence electrons. The third-order valence-electron chi connectivity index (χ3n) is 5.11. The van der Waals surface area contributed by atoms with Crippen molar-refractivity contribution < 1.29 is 18.0 Å². The second-order valence-electron chi connectivity index (χ2n) is 9.39. The van der Waals surface area contributed by atoms with Gasteiger partial charge >= 0.3 is 0 Å². The van der Waals surface area contributed by atoms with Crippen molar-refractivity contribution in [2.75, 3.05) is 17.1 Å². The standard InChI is InChI=1S/C24H30Cl3N3O4S/c1-15-11-18(25)8-10-21(15)30(35(6,33)34)14-22(31)29(16(2)23(32)28-24(3,4)5)13-17-7-9-19(26)20(27)12-17/h7-12,16H,13-14H2,1-6H3,(H,28,32)/t16-/m0/s1. The molecule has 0 aliphatic heterocycles. The van der Waals surface area contributed by atoms with E-state index in [4.69, 9.17) is 34.8 Å². The van der Waals surface area contributed by atoms with Crippen LogP contribution in [0.1, 0.15) is 38.8 Å². The van der Waals surface area contributed by atoms with Crippen LogP contribution in [0.4, 0.5) is 5.69 Å². The highest BCUT2D eigenvalue weighted by atomic mass is 35.5. The Balaban J connectivity index is 2.46. The van der Waals surface area contributed by atoms with Gasteiger partial charge < -0.3 is 10.2 Å². The van der Waals surface area contributed by atoms with Gasteiger partial charge in [0.2, 0.25) is 21.8 Å². The molecule has 11 heteroatoms. The topological polar surface area (TPSA) is 86.8 Å². The Hall–Kier alpha value is -2.00. The summed E-state index contributed by atoms with van der Waals surface area (Å²) in [6, 6.07) is 8.72. The molecular formula is C24H30Cl3N3O4S. The first-order valence-electron chi connectivity index (χ1n) is 10.8. The zero-order valence-electron chi connectivity index (χ0n) is 20.5. The van der Waals surface area contributed by atoms with Crippen molar-refractivity contribution in [1.29, 1.82) is 0 Å². The molecule has 2 aromatic rings. The molecule has 0 aromatic heterocycles.